The van der Waals surface area contributed by atoms with Gasteiger partial charge in [-0.15, -0.1) is 16.4 Å². The van der Waals surface area contributed by atoms with Crippen LogP contribution in [0.2, 0.25) is 0 Å². The van der Waals surface area contributed by atoms with E-state index in [9.17, 15) is 4.79 Å². The molecule has 3 aromatic rings. The fraction of sp³-hybridized carbons (Fsp3) is 0.235. The van der Waals surface area contributed by atoms with Gasteiger partial charge in [-0.05, 0) is 23.9 Å². The summed E-state index contributed by atoms with van der Waals surface area (Å²) in [5, 5.41) is 9.47. The van der Waals surface area contributed by atoms with Crippen molar-refractivity contribution in [1.29, 1.82) is 0 Å². The van der Waals surface area contributed by atoms with Crippen molar-refractivity contribution in [2.45, 2.75) is 23.9 Å². The number of H-pyrrole nitrogens is 1. The summed E-state index contributed by atoms with van der Waals surface area (Å²) in [6.45, 7) is 2.48. The zero-order valence-corrected chi connectivity index (χ0v) is 15.1. The number of thioether (sulfide) groups is 1. The highest BCUT2D eigenvalue weighted by Crippen LogP contribution is 2.26. The number of carbonyl (C=O) groups is 1. The van der Waals surface area contributed by atoms with Gasteiger partial charge >= 0.3 is 0 Å². The minimum absolute atomic E-state index is 0.0614. The van der Waals surface area contributed by atoms with Gasteiger partial charge in [0.2, 0.25) is 11.1 Å². The van der Waals surface area contributed by atoms with E-state index in [0.717, 1.165) is 16.3 Å². The number of hydrogen-bond acceptors (Lipinski definition) is 5. The fourth-order valence-corrected chi connectivity index (χ4v) is 3.78. The standard InChI is InChI=1S/C17H18N4OS2/c1-12(16(22)21(2)11-13-7-4-3-5-8-13)24-17-18-15(19-20-17)14-9-6-10-23-14/h3-10,12H,11H2,1-2H3,(H,18,19,20). The molecule has 1 atom stereocenters. The third kappa shape index (κ3) is 4.04. The summed E-state index contributed by atoms with van der Waals surface area (Å²) in [5.41, 5.74) is 1.11. The molecular formula is C17H18N4OS2. The Kier molecular flexibility index (Phi) is 5.32. The number of benzene rings is 1. The van der Waals surface area contributed by atoms with Gasteiger partial charge in [0, 0.05) is 13.6 Å². The maximum Gasteiger partial charge on any atom is 0.235 e. The van der Waals surface area contributed by atoms with E-state index in [4.69, 9.17) is 0 Å². The number of nitrogens with zero attached hydrogens (tertiary/aromatic N) is 3. The fourth-order valence-electron chi connectivity index (χ4n) is 2.28. The maximum atomic E-state index is 12.5. The minimum atomic E-state index is -0.245. The van der Waals surface area contributed by atoms with Crippen molar-refractivity contribution in [3.8, 4) is 10.7 Å². The van der Waals surface area contributed by atoms with Crippen molar-refractivity contribution >= 4 is 29.0 Å². The first-order valence-corrected chi connectivity index (χ1v) is 9.31. The van der Waals surface area contributed by atoms with Crippen molar-refractivity contribution in [2.75, 3.05) is 7.05 Å². The van der Waals surface area contributed by atoms with Gasteiger partial charge in [-0.3, -0.25) is 9.89 Å². The van der Waals surface area contributed by atoms with Gasteiger partial charge in [0.05, 0.1) is 10.1 Å². The SMILES string of the molecule is CC(Sc1n[nH]c(-c2cccs2)n1)C(=O)N(C)Cc1ccccc1. The van der Waals surface area contributed by atoms with E-state index in [1.54, 1.807) is 16.2 Å². The quantitative estimate of drug-likeness (QED) is 0.683. The second-order valence-electron chi connectivity index (χ2n) is 5.38. The van der Waals surface area contributed by atoms with Crippen LogP contribution in [-0.2, 0) is 11.3 Å². The summed E-state index contributed by atoms with van der Waals surface area (Å²) < 4.78 is 0. The van der Waals surface area contributed by atoms with E-state index in [1.807, 2.05) is 61.8 Å². The van der Waals surface area contributed by atoms with E-state index >= 15 is 0 Å². The molecule has 5 nitrogen and oxygen atoms in total. The molecule has 0 saturated heterocycles. The average molecular weight is 358 g/mol. The van der Waals surface area contributed by atoms with Crippen LogP contribution in [0.3, 0.4) is 0 Å². The number of carbonyl (C=O) groups excluding carboxylic acids is 1. The highest BCUT2D eigenvalue weighted by atomic mass is 32.2. The van der Waals surface area contributed by atoms with E-state index in [0.29, 0.717) is 11.7 Å². The summed E-state index contributed by atoms with van der Waals surface area (Å²) in [6.07, 6.45) is 0. The molecule has 0 bridgehead atoms. The molecule has 124 valence electrons. The van der Waals surface area contributed by atoms with Crippen LogP contribution in [0.25, 0.3) is 10.7 Å². The number of aromatic amines is 1. The predicted octanol–water partition coefficient (Wildman–Crippen LogP) is 3.67. The number of nitrogens with one attached hydrogen (secondary N) is 1. The molecule has 1 amide bonds. The molecule has 0 saturated carbocycles. The van der Waals surface area contributed by atoms with E-state index in [-0.39, 0.29) is 11.2 Å². The van der Waals surface area contributed by atoms with Crippen LogP contribution in [0.5, 0.6) is 0 Å². The molecule has 2 aromatic heterocycles. The van der Waals surface area contributed by atoms with Crippen molar-refractivity contribution < 1.29 is 4.79 Å². The highest BCUT2D eigenvalue weighted by Gasteiger charge is 2.21. The predicted molar refractivity (Wildman–Crippen MR) is 97.9 cm³/mol. The molecule has 0 aliphatic carbocycles. The number of thiophene rings is 1. The molecule has 3 rings (SSSR count). The first-order valence-electron chi connectivity index (χ1n) is 7.55. The summed E-state index contributed by atoms with van der Waals surface area (Å²) in [4.78, 5) is 19.8. The lowest BCUT2D eigenvalue weighted by molar-refractivity contribution is -0.129. The molecule has 1 N–H and O–H groups in total. The molecule has 0 radical (unpaired) electrons. The minimum Gasteiger partial charge on any atom is -0.340 e. The van der Waals surface area contributed by atoms with Gasteiger partial charge < -0.3 is 4.90 Å². The van der Waals surface area contributed by atoms with E-state index < -0.39 is 0 Å². The summed E-state index contributed by atoms with van der Waals surface area (Å²) in [7, 11) is 1.82. The molecule has 0 aliphatic rings. The lowest BCUT2D eigenvalue weighted by Crippen LogP contribution is -2.32. The second kappa shape index (κ2) is 7.63. The van der Waals surface area contributed by atoms with Crippen LogP contribution >= 0.6 is 23.1 Å². The Morgan fingerprint density at radius 3 is 2.79 bits per heavy atom. The molecule has 0 aliphatic heterocycles. The Morgan fingerprint density at radius 2 is 2.08 bits per heavy atom. The third-order valence-corrected chi connectivity index (χ3v) is 5.31. The lowest BCUT2D eigenvalue weighted by atomic mass is 10.2. The van der Waals surface area contributed by atoms with Crippen LogP contribution < -0.4 is 0 Å². The zero-order valence-electron chi connectivity index (χ0n) is 13.5. The highest BCUT2D eigenvalue weighted by molar-refractivity contribution is 8.00. The lowest BCUT2D eigenvalue weighted by Gasteiger charge is -2.20. The first-order chi connectivity index (χ1) is 11.6. The topological polar surface area (TPSA) is 61.9 Å². The van der Waals surface area contributed by atoms with Gasteiger partial charge in [0.25, 0.3) is 0 Å². The molecule has 24 heavy (non-hydrogen) atoms. The Morgan fingerprint density at radius 1 is 1.29 bits per heavy atom. The van der Waals surface area contributed by atoms with E-state index in [1.165, 1.54) is 11.8 Å². The summed E-state index contributed by atoms with van der Waals surface area (Å²) in [6, 6.07) is 13.9. The van der Waals surface area contributed by atoms with Gasteiger partial charge in [0.1, 0.15) is 0 Å². The molecule has 1 aromatic carbocycles. The zero-order chi connectivity index (χ0) is 16.9. The monoisotopic (exact) mass is 358 g/mol. The normalized spacial score (nSPS) is 12.1. The number of amides is 1. The number of aromatic nitrogens is 3. The Hall–Kier alpha value is -2.12. The molecular weight excluding hydrogens is 340 g/mol. The maximum absolute atomic E-state index is 12.5. The summed E-state index contributed by atoms with van der Waals surface area (Å²) in [5.74, 6) is 0.802. The van der Waals surface area contributed by atoms with Gasteiger partial charge in [0.15, 0.2) is 5.82 Å². The average Bonchev–Trinajstić information content (AvgIpc) is 3.26. The smallest absolute Gasteiger partial charge is 0.235 e. The summed E-state index contributed by atoms with van der Waals surface area (Å²) >= 11 is 2.97. The van der Waals surface area contributed by atoms with Crippen LogP contribution in [0, 0.1) is 0 Å². The molecule has 1 unspecified atom stereocenters. The van der Waals surface area contributed by atoms with Crippen LogP contribution in [-0.4, -0.2) is 38.3 Å². The van der Waals surface area contributed by atoms with Crippen molar-refractivity contribution in [3.63, 3.8) is 0 Å². The molecule has 7 heteroatoms. The molecule has 0 spiro atoms. The second-order valence-corrected chi connectivity index (χ2v) is 7.64. The number of hydrogen-bond donors (Lipinski definition) is 1. The first kappa shape index (κ1) is 16.7. The van der Waals surface area contributed by atoms with Gasteiger partial charge in [-0.1, -0.05) is 48.2 Å². The largest absolute Gasteiger partial charge is 0.340 e. The Labute approximate surface area is 149 Å². The third-order valence-electron chi connectivity index (χ3n) is 3.49. The van der Waals surface area contributed by atoms with Crippen LogP contribution in [0.1, 0.15) is 12.5 Å². The van der Waals surface area contributed by atoms with Gasteiger partial charge in [-0.2, -0.15) is 0 Å². The van der Waals surface area contributed by atoms with Crippen molar-refractivity contribution in [3.05, 3.63) is 53.4 Å². The van der Waals surface area contributed by atoms with Gasteiger partial charge in [-0.25, -0.2) is 4.98 Å². The Balaban J connectivity index is 1.60. The van der Waals surface area contributed by atoms with Crippen molar-refractivity contribution in [1.82, 2.24) is 20.1 Å². The van der Waals surface area contributed by atoms with Crippen LogP contribution in [0.15, 0.2) is 53.0 Å². The van der Waals surface area contributed by atoms with Crippen molar-refractivity contribution in [2.24, 2.45) is 0 Å². The molecule has 2 heterocycles. The van der Waals surface area contributed by atoms with E-state index in [2.05, 4.69) is 15.2 Å². The van der Waals surface area contributed by atoms with Crippen LogP contribution in [0.4, 0.5) is 0 Å². The number of rotatable bonds is 6. The molecule has 0 fully saturated rings. The Bertz CT molecular complexity index is 786.